The van der Waals surface area contributed by atoms with Gasteiger partial charge in [0.05, 0.1) is 32.4 Å². The van der Waals surface area contributed by atoms with E-state index < -0.39 is 17.7 Å². The highest BCUT2D eigenvalue weighted by molar-refractivity contribution is 6.46. The molecule has 2 aromatic rings. The Morgan fingerprint density at radius 3 is 2.31 bits per heavy atom. The smallest absolute Gasteiger partial charge is 0.295 e. The summed E-state index contributed by atoms with van der Waals surface area (Å²) < 4.78 is 15.6. The van der Waals surface area contributed by atoms with E-state index in [9.17, 15) is 14.7 Å². The molecule has 0 aliphatic carbocycles. The van der Waals surface area contributed by atoms with Crippen LogP contribution in [0.3, 0.4) is 0 Å². The fraction of sp³-hybridized carbons (Fsp3) is 0.273. The number of benzene rings is 2. The van der Waals surface area contributed by atoms with Crippen LogP contribution in [0.1, 0.15) is 17.2 Å². The molecule has 0 radical (unpaired) electrons. The van der Waals surface area contributed by atoms with Crippen molar-refractivity contribution in [3.05, 3.63) is 65.2 Å². The number of likely N-dealkylation sites (tertiary alicyclic amines) is 1. The number of ketones is 1. The summed E-state index contributed by atoms with van der Waals surface area (Å²) in [5, 5.41) is 11.0. The number of amides is 1. The number of methoxy groups -OCH3 is 3. The maximum Gasteiger partial charge on any atom is 0.295 e. The van der Waals surface area contributed by atoms with E-state index in [1.54, 1.807) is 48.5 Å². The van der Waals surface area contributed by atoms with Crippen LogP contribution in [0, 0.1) is 0 Å². The Balaban J connectivity index is 2.17. The summed E-state index contributed by atoms with van der Waals surface area (Å²) in [6, 6.07) is 13.0. The molecular formula is C22H23NO6. The Kier molecular flexibility index (Phi) is 6.19. The number of ether oxygens (including phenoxy) is 3. The molecule has 29 heavy (non-hydrogen) atoms. The molecule has 1 aliphatic heterocycles. The highest BCUT2D eigenvalue weighted by Crippen LogP contribution is 2.40. The lowest BCUT2D eigenvalue weighted by Crippen LogP contribution is -2.32. The first kappa shape index (κ1) is 20.4. The normalized spacial score (nSPS) is 18.2. The van der Waals surface area contributed by atoms with Crippen LogP contribution in [0.2, 0.25) is 0 Å². The van der Waals surface area contributed by atoms with Crippen LogP contribution in [-0.2, 0) is 14.3 Å². The van der Waals surface area contributed by atoms with Crippen LogP contribution in [-0.4, -0.2) is 56.2 Å². The molecule has 0 saturated carbocycles. The standard InChI is InChI=1S/C22H23NO6/c1-27-11-10-23-19(14-6-4-8-16(12-14)28-2)18(21(25)22(23)26)20(24)15-7-5-9-17(13-15)29-3/h4-9,12-13,19,24H,10-11H2,1-3H3/b20-18+. The van der Waals surface area contributed by atoms with Crippen LogP contribution in [0.4, 0.5) is 0 Å². The summed E-state index contributed by atoms with van der Waals surface area (Å²) >= 11 is 0. The average Bonchev–Trinajstić information content (AvgIpc) is 3.01. The van der Waals surface area contributed by atoms with Gasteiger partial charge in [-0.3, -0.25) is 9.59 Å². The minimum atomic E-state index is -0.758. The summed E-state index contributed by atoms with van der Waals surface area (Å²) in [4.78, 5) is 27.0. The van der Waals surface area contributed by atoms with E-state index in [0.717, 1.165) is 0 Å². The van der Waals surface area contributed by atoms with Gasteiger partial charge in [-0.2, -0.15) is 0 Å². The molecular weight excluding hydrogens is 374 g/mol. The molecule has 0 spiro atoms. The number of aliphatic hydroxyl groups excluding tert-OH is 1. The number of hydrogen-bond donors (Lipinski definition) is 1. The van der Waals surface area contributed by atoms with Gasteiger partial charge in [0.15, 0.2) is 0 Å². The Labute approximate surface area is 169 Å². The second-order valence-electron chi connectivity index (χ2n) is 6.49. The summed E-state index contributed by atoms with van der Waals surface area (Å²) in [5.74, 6) is -0.564. The lowest BCUT2D eigenvalue weighted by molar-refractivity contribution is -0.140. The summed E-state index contributed by atoms with van der Waals surface area (Å²) in [6.45, 7) is 0.463. The molecule has 0 aromatic heterocycles. The number of rotatable bonds is 7. The molecule has 1 unspecified atom stereocenters. The molecule has 1 fully saturated rings. The van der Waals surface area contributed by atoms with Gasteiger partial charge < -0.3 is 24.2 Å². The molecule has 2 aromatic carbocycles. The minimum Gasteiger partial charge on any atom is -0.507 e. The van der Waals surface area contributed by atoms with E-state index >= 15 is 0 Å². The van der Waals surface area contributed by atoms with Crippen molar-refractivity contribution in [1.29, 1.82) is 0 Å². The molecule has 1 atom stereocenters. The zero-order valence-corrected chi connectivity index (χ0v) is 16.5. The summed E-state index contributed by atoms with van der Waals surface area (Å²) in [6.07, 6.45) is 0. The number of hydrogen-bond acceptors (Lipinski definition) is 6. The third-order valence-corrected chi connectivity index (χ3v) is 4.83. The van der Waals surface area contributed by atoms with Crippen LogP contribution in [0.25, 0.3) is 5.76 Å². The fourth-order valence-corrected chi connectivity index (χ4v) is 3.38. The molecule has 3 rings (SSSR count). The van der Waals surface area contributed by atoms with E-state index in [0.29, 0.717) is 22.6 Å². The predicted molar refractivity (Wildman–Crippen MR) is 107 cm³/mol. The van der Waals surface area contributed by atoms with Crippen molar-refractivity contribution in [2.24, 2.45) is 0 Å². The van der Waals surface area contributed by atoms with E-state index in [-0.39, 0.29) is 24.5 Å². The maximum absolute atomic E-state index is 12.9. The topological polar surface area (TPSA) is 85.3 Å². The number of nitrogens with zero attached hydrogens (tertiary/aromatic N) is 1. The molecule has 7 nitrogen and oxygen atoms in total. The zero-order valence-electron chi connectivity index (χ0n) is 16.5. The molecule has 1 heterocycles. The Hall–Kier alpha value is -3.32. The second-order valence-corrected chi connectivity index (χ2v) is 6.49. The van der Waals surface area contributed by atoms with Gasteiger partial charge in [0, 0.05) is 19.2 Å². The first-order valence-electron chi connectivity index (χ1n) is 9.07. The Bertz CT molecular complexity index is 952. The van der Waals surface area contributed by atoms with Crippen LogP contribution >= 0.6 is 0 Å². The third kappa shape index (κ3) is 3.95. The molecule has 0 bridgehead atoms. The lowest BCUT2D eigenvalue weighted by Gasteiger charge is -2.25. The maximum atomic E-state index is 12.9. The van der Waals surface area contributed by atoms with E-state index in [1.807, 2.05) is 0 Å². The van der Waals surface area contributed by atoms with Crippen molar-refractivity contribution in [1.82, 2.24) is 4.90 Å². The molecule has 1 N–H and O–H groups in total. The molecule has 7 heteroatoms. The average molecular weight is 397 g/mol. The lowest BCUT2D eigenvalue weighted by atomic mass is 9.95. The molecule has 152 valence electrons. The van der Waals surface area contributed by atoms with Gasteiger partial charge in [-0.25, -0.2) is 0 Å². The first-order valence-corrected chi connectivity index (χ1v) is 9.07. The second kappa shape index (κ2) is 8.79. The van der Waals surface area contributed by atoms with Crippen molar-refractivity contribution >= 4 is 17.4 Å². The van der Waals surface area contributed by atoms with Gasteiger partial charge in [0.2, 0.25) is 0 Å². The van der Waals surface area contributed by atoms with E-state index in [1.165, 1.54) is 26.2 Å². The summed E-state index contributed by atoms with van der Waals surface area (Å²) in [5.41, 5.74) is 1.07. The third-order valence-electron chi connectivity index (χ3n) is 4.83. The monoisotopic (exact) mass is 397 g/mol. The minimum absolute atomic E-state index is 0.0209. The van der Waals surface area contributed by atoms with Crippen LogP contribution in [0.15, 0.2) is 54.1 Å². The van der Waals surface area contributed by atoms with Gasteiger partial charge in [-0.05, 0) is 29.8 Å². The number of aliphatic hydroxyl groups is 1. The SMILES string of the molecule is COCCN1C(=O)C(=O)/C(=C(/O)c2cccc(OC)c2)C1c1cccc(OC)c1. The van der Waals surface area contributed by atoms with Crippen molar-refractivity contribution in [2.45, 2.75) is 6.04 Å². The highest BCUT2D eigenvalue weighted by atomic mass is 16.5. The predicted octanol–water partition coefficient (Wildman–Crippen LogP) is 2.77. The molecule has 1 aliphatic rings. The fourth-order valence-electron chi connectivity index (χ4n) is 3.38. The largest absolute Gasteiger partial charge is 0.507 e. The zero-order chi connectivity index (χ0) is 21.0. The quantitative estimate of drug-likeness (QED) is 0.439. The van der Waals surface area contributed by atoms with Crippen LogP contribution < -0.4 is 9.47 Å². The van der Waals surface area contributed by atoms with Crippen molar-refractivity contribution in [3.8, 4) is 11.5 Å². The molecule has 1 saturated heterocycles. The number of carbonyl (C=O) groups excluding carboxylic acids is 2. The van der Waals surface area contributed by atoms with Gasteiger partial charge in [-0.1, -0.05) is 24.3 Å². The van der Waals surface area contributed by atoms with Gasteiger partial charge in [-0.15, -0.1) is 0 Å². The number of Topliss-reactive ketones (excluding diaryl/α,β-unsaturated/α-hetero) is 1. The summed E-state index contributed by atoms with van der Waals surface area (Å²) in [7, 11) is 4.57. The highest BCUT2D eigenvalue weighted by Gasteiger charge is 2.46. The van der Waals surface area contributed by atoms with Gasteiger partial charge in [0.25, 0.3) is 11.7 Å². The van der Waals surface area contributed by atoms with E-state index in [4.69, 9.17) is 14.2 Å². The van der Waals surface area contributed by atoms with Gasteiger partial charge >= 0.3 is 0 Å². The van der Waals surface area contributed by atoms with Crippen molar-refractivity contribution in [2.75, 3.05) is 34.5 Å². The van der Waals surface area contributed by atoms with Crippen LogP contribution in [0.5, 0.6) is 11.5 Å². The van der Waals surface area contributed by atoms with Crippen molar-refractivity contribution < 1.29 is 28.9 Å². The Morgan fingerprint density at radius 2 is 1.66 bits per heavy atom. The van der Waals surface area contributed by atoms with Crippen molar-refractivity contribution in [3.63, 3.8) is 0 Å². The first-order chi connectivity index (χ1) is 14.0. The van der Waals surface area contributed by atoms with E-state index in [2.05, 4.69) is 0 Å². The molecule has 1 amide bonds. The number of carbonyl (C=O) groups is 2. The van der Waals surface area contributed by atoms with Gasteiger partial charge in [0.1, 0.15) is 17.3 Å². The Morgan fingerprint density at radius 1 is 1.00 bits per heavy atom.